The average Bonchev–Trinajstić information content (AvgIpc) is 2.13. The van der Waals surface area contributed by atoms with Gasteiger partial charge in [-0.25, -0.2) is 0 Å². The van der Waals surface area contributed by atoms with E-state index in [1.165, 1.54) is 12.8 Å². The van der Waals surface area contributed by atoms with Crippen LogP contribution in [0.4, 0.5) is 0 Å². The van der Waals surface area contributed by atoms with Gasteiger partial charge in [0, 0.05) is 11.6 Å². The third-order valence-electron chi connectivity index (χ3n) is 4.08. The van der Waals surface area contributed by atoms with E-state index >= 15 is 0 Å². The summed E-state index contributed by atoms with van der Waals surface area (Å²) in [6.07, 6.45) is 2.55. The van der Waals surface area contributed by atoms with Gasteiger partial charge in [-0.1, -0.05) is 34.1 Å². The van der Waals surface area contributed by atoms with Crippen molar-refractivity contribution in [1.29, 1.82) is 0 Å². The molecule has 0 heterocycles. The average molecular weight is 213 g/mol. The van der Waals surface area contributed by atoms with Gasteiger partial charge < -0.3 is 0 Å². The maximum absolute atomic E-state index is 2.56. The summed E-state index contributed by atoms with van der Waals surface area (Å²) in [5, 5.41) is 0. The van der Waals surface area contributed by atoms with Gasteiger partial charge in [-0.15, -0.1) is 0 Å². The Kier molecular flexibility index (Phi) is 5.87. The molecule has 1 nitrogen and oxygen atoms in total. The van der Waals surface area contributed by atoms with Crippen molar-refractivity contribution in [3.05, 3.63) is 0 Å². The summed E-state index contributed by atoms with van der Waals surface area (Å²) in [6, 6.07) is 0.628. The highest BCUT2D eigenvalue weighted by atomic mass is 15.2. The van der Waals surface area contributed by atoms with Crippen molar-refractivity contribution in [2.45, 2.75) is 72.9 Å². The molecule has 0 aliphatic heterocycles. The Labute approximate surface area is 97.2 Å². The van der Waals surface area contributed by atoms with Gasteiger partial charge in [0.05, 0.1) is 0 Å². The van der Waals surface area contributed by atoms with Gasteiger partial charge in [0.2, 0.25) is 0 Å². The molecule has 0 aliphatic rings. The maximum atomic E-state index is 2.56. The molecule has 0 saturated carbocycles. The highest BCUT2D eigenvalue weighted by molar-refractivity contribution is 4.91. The fourth-order valence-electron chi connectivity index (χ4n) is 2.55. The van der Waals surface area contributed by atoms with Gasteiger partial charge in [0.1, 0.15) is 0 Å². The first-order chi connectivity index (χ1) is 6.75. The lowest BCUT2D eigenvalue weighted by Crippen LogP contribution is -2.52. The van der Waals surface area contributed by atoms with Crippen LogP contribution >= 0.6 is 0 Å². The minimum Gasteiger partial charge on any atom is -0.298 e. The van der Waals surface area contributed by atoms with E-state index in [9.17, 15) is 0 Å². The monoisotopic (exact) mass is 213 g/mol. The molecule has 92 valence electrons. The van der Waals surface area contributed by atoms with Gasteiger partial charge >= 0.3 is 0 Å². The third-order valence-corrected chi connectivity index (χ3v) is 4.08. The van der Waals surface area contributed by atoms with Gasteiger partial charge in [-0.05, 0) is 46.1 Å². The van der Waals surface area contributed by atoms with E-state index in [4.69, 9.17) is 0 Å². The molecule has 2 unspecified atom stereocenters. The lowest BCUT2D eigenvalue weighted by atomic mass is 9.77. The largest absolute Gasteiger partial charge is 0.298 e. The molecule has 0 saturated heterocycles. The third kappa shape index (κ3) is 3.79. The fraction of sp³-hybridized carbons (Fsp3) is 1.00. The summed E-state index contributed by atoms with van der Waals surface area (Å²) in [4.78, 5) is 2.56. The highest BCUT2D eigenvalue weighted by Gasteiger charge is 2.35. The summed E-state index contributed by atoms with van der Waals surface area (Å²) in [5.74, 6) is 1.53. The van der Waals surface area contributed by atoms with Crippen molar-refractivity contribution in [2.24, 2.45) is 11.8 Å². The SMILES string of the molecule is CCC(C)C(C)(CC(C)C)N(C)C(C)C. The zero-order chi connectivity index (χ0) is 12.2. The number of hydrogen-bond donors (Lipinski definition) is 0. The Balaban J connectivity index is 4.83. The molecule has 0 aromatic heterocycles. The molecule has 2 atom stereocenters. The van der Waals surface area contributed by atoms with Crippen molar-refractivity contribution in [2.75, 3.05) is 7.05 Å². The van der Waals surface area contributed by atoms with Gasteiger partial charge in [-0.2, -0.15) is 0 Å². The van der Waals surface area contributed by atoms with Crippen molar-refractivity contribution < 1.29 is 0 Å². The molecule has 1 heteroatoms. The van der Waals surface area contributed by atoms with Gasteiger partial charge in [-0.3, -0.25) is 4.90 Å². The lowest BCUT2D eigenvalue weighted by Gasteiger charge is -2.47. The van der Waals surface area contributed by atoms with Crippen LogP contribution in [0.5, 0.6) is 0 Å². The smallest absolute Gasteiger partial charge is 0.0208 e. The summed E-state index contributed by atoms with van der Waals surface area (Å²) in [6.45, 7) is 16.4. The first kappa shape index (κ1) is 15.0. The Bertz CT molecular complexity index is 174. The van der Waals surface area contributed by atoms with Crippen LogP contribution in [0.3, 0.4) is 0 Å². The topological polar surface area (TPSA) is 3.24 Å². The van der Waals surface area contributed by atoms with Gasteiger partial charge in [0.25, 0.3) is 0 Å². The van der Waals surface area contributed by atoms with E-state index in [0.29, 0.717) is 11.6 Å². The Morgan fingerprint density at radius 1 is 1.07 bits per heavy atom. The second-order valence-electron chi connectivity index (χ2n) is 5.97. The van der Waals surface area contributed by atoms with E-state index < -0.39 is 0 Å². The Morgan fingerprint density at radius 3 is 1.80 bits per heavy atom. The minimum absolute atomic E-state index is 0.344. The number of hydrogen-bond acceptors (Lipinski definition) is 1. The zero-order valence-electron chi connectivity index (χ0n) is 12.1. The molecular weight excluding hydrogens is 182 g/mol. The van der Waals surface area contributed by atoms with E-state index in [2.05, 4.69) is 60.4 Å². The molecule has 0 aromatic rings. The highest BCUT2D eigenvalue weighted by Crippen LogP contribution is 2.33. The normalized spacial score (nSPS) is 18.6. The molecule has 0 spiro atoms. The van der Waals surface area contributed by atoms with Crippen LogP contribution in [-0.2, 0) is 0 Å². The van der Waals surface area contributed by atoms with Crippen LogP contribution in [0.1, 0.15) is 61.3 Å². The predicted octanol–water partition coefficient (Wildman–Crippen LogP) is 4.18. The summed E-state index contributed by atoms with van der Waals surface area (Å²) < 4.78 is 0. The predicted molar refractivity (Wildman–Crippen MR) is 70.2 cm³/mol. The molecule has 0 bridgehead atoms. The molecule has 0 aromatic carbocycles. The minimum atomic E-state index is 0.344. The number of nitrogens with zero attached hydrogens (tertiary/aromatic N) is 1. The summed E-state index contributed by atoms with van der Waals surface area (Å²) in [7, 11) is 2.28. The van der Waals surface area contributed by atoms with E-state index in [1.54, 1.807) is 0 Å². The fourth-order valence-corrected chi connectivity index (χ4v) is 2.55. The molecule has 0 aliphatic carbocycles. The summed E-state index contributed by atoms with van der Waals surface area (Å²) in [5.41, 5.74) is 0.344. The molecule has 0 rings (SSSR count). The quantitative estimate of drug-likeness (QED) is 0.640. The van der Waals surface area contributed by atoms with Crippen LogP contribution in [0.2, 0.25) is 0 Å². The van der Waals surface area contributed by atoms with E-state index in [-0.39, 0.29) is 0 Å². The van der Waals surface area contributed by atoms with Crippen molar-refractivity contribution >= 4 is 0 Å². The van der Waals surface area contributed by atoms with Crippen molar-refractivity contribution in [3.8, 4) is 0 Å². The number of rotatable bonds is 6. The van der Waals surface area contributed by atoms with Crippen LogP contribution < -0.4 is 0 Å². The van der Waals surface area contributed by atoms with Crippen LogP contribution in [-0.4, -0.2) is 23.5 Å². The second-order valence-corrected chi connectivity index (χ2v) is 5.97. The van der Waals surface area contributed by atoms with Gasteiger partial charge in [0.15, 0.2) is 0 Å². The first-order valence-corrected chi connectivity index (χ1v) is 6.48. The zero-order valence-corrected chi connectivity index (χ0v) is 12.1. The molecule has 0 radical (unpaired) electrons. The van der Waals surface area contributed by atoms with E-state index in [1.807, 2.05) is 0 Å². The second kappa shape index (κ2) is 5.89. The molecule has 0 amide bonds. The van der Waals surface area contributed by atoms with Crippen LogP contribution in [0.15, 0.2) is 0 Å². The standard InChI is InChI=1S/C14H31N/c1-9-13(6)14(7,10-11(2)3)15(8)12(4)5/h11-13H,9-10H2,1-8H3. The maximum Gasteiger partial charge on any atom is 0.0208 e. The molecule has 0 fully saturated rings. The van der Waals surface area contributed by atoms with E-state index in [0.717, 1.165) is 11.8 Å². The van der Waals surface area contributed by atoms with Crippen molar-refractivity contribution in [3.63, 3.8) is 0 Å². The lowest BCUT2D eigenvalue weighted by molar-refractivity contribution is 0.0314. The van der Waals surface area contributed by atoms with Crippen LogP contribution in [0.25, 0.3) is 0 Å². The van der Waals surface area contributed by atoms with Crippen molar-refractivity contribution in [1.82, 2.24) is 4.90 Å². The molecule has 15 heavy (non-hydrogen) atoms. The molecule has 0 N–H and O–H groups in total. The Morgan fingerprint density at radius 2 is 1.53 bits per heavy atom. The summed E-state index contributed by atoms with van der Waals surface area (Å²) >= 11 is 0. The first-order valence-electron chi connectivity index (χ1n) is 6.48. The van der Waals surface area contributed by atoms with Crippen LogP contribution in [0, 0.1) is 11.8 Å². The molecular formula is C14H31N. The Hall–Kier alpha value is -0.0400.